The Morgan fingerprint density at radius 3 is 2.53 bits per heavy atom. The summed E-state index contributed by atoms with van der Waals surface area (Å²) in [6.07, 6.45) is 6.29. The number of rotatable bonds is 1. The van der Waals surface area contributed by atoms with Gasteiger partial charge in [-0.2, -0.15) is 0 Å². The van der Waals surface area contributed by atoms with E-state index >= 15 is 8.78 Å². The number of alkyl halides is 2. The maximum atomic E-state index is 16.0. The van der Waals surface area contributed by atoms with Crippen LogP contribution >= 0.6 is 0 Å². The normalized spacial score (nSPS) is 25.1. The second-order valence-electron chi connectivity index (χ2n) is 13.3. The molecule has 47 heavy (non-hydrogen) atoms. The van der Waals surface area contributed by atoms with E-state index in [9.17, 15) is 13.2 Å². The Labute approximate surface area is 272 Å². The summed E-state index contributed by atoms with van der Waals surface area (Å²) in [6, 6.07) is 8.03. The molecule has 0 aliphatic carbocycles. The van der Waals surface area contributed by atoms with Gasteiger partial charge in [0.15, 0.2) is 0 Å². The van der Waals surface area contributed by atoms with Crippen LogP contribution in [0.3, 0.4) is 0 Å². The third kappa shape index (κ3) is 6.54. The van der Waals surface area contributed by atoms with Crippen LogP contribution in [-0.2, 0) is 35.4 Å². The predicted molar refractivity (Wildman–Crippen MR) is 174 cm³/mol. The first-order chi connectivity index (χ1) is 22.6. The molecule has 250 valence electrons. The van der Waals surface area contributed by atoms with Crippen molar-refractivity contribution < 1.29 is 17.2 Å². The highest BCUT2D eigenvalue weighted by Gasteiger charge is 2.43. The first kappa shape index (κ1) is 31.8. The number of benzene rings is 1. The van der Waals surface area contributed by atoms with Crippen LogP contribution in [0.15, 0.2) is 47.7 Å². The average molecular weight is 667 g/mol. The van der Waals surface area contributed by atoms with Crippen molar-refractivity contribution in [3.8, 4) is 0 Å². The Morgan fingerprint density at radius 1 is 0.979 bits per heavy atom. The zero-order valence-electron chi connectivity index (χ0n) is 26.5. The van der Waals surface area contributed by atoms with Crippen molar-refractivity contribution in [2.24, 2.45) is 5.92 Å². The van der Waals surface area contributed by atoms with Crippen molar-refractivity contribution in [3.63, 3.8) is 0 Å². The number of nitrogens with zero attached hydrogens (tertiary/aromatic N) is 7. The van der Waals surface area contributed by atoms with Crippen LogP contribution in [0.1, 0.15) is 79.8 Å². The molecule has 14 heteroatoms. The Bertz CT molecular complexity index is 1920. The van der Waals surface area contributed by atoms with Crippen molar-refractivity contribution >= 4 is 26.7 Å². The molecule has 0 radical (unpaired) electrons. The maximum Gasteiger partial charge on any atom is 0.276 e. The molecule has 2 saturated heterocycles. The number of piperidine rings is 1. The number of aromatic nitrogens is 6. The molecule has 10 bridgehead atoms. The van der Waals surface area contributed by atoms with Gasteiger partial charge in [-0.25, -0.2) is 27.2 Å². The van der Waals surface area contributed by atoms with E-state index in [-0.39, 0.29) is 34.6 Å². The van der Waals surface area contributed by atoms with Gasteiger partial charge in [-0.3, -0.25) is 18.9 Å². The minimum atomic E-state index is -3.12. The van der Waals surface area contributed by atoms with E-state index in [1.54, 1.807) is 27.4 Å². The number of fused-ring (bicyclic) bond motifs is 6. The van der Waals surface area contributed by atoms with Crippen LogP contribution in [0.5, 0.6) is 0 Å². The van der Waals surface area contributed by atoms with Gasteiger partial charge in [-0.1, -0.05) is 23.4 Å². The fourth-order valence-electron chi connectivity index (χ4n) is 7.31. The van der Waals surface area contributed by atoms with E-state index in [4.69, 9.17) is 0 Å². The monoisotopic (exact) mass is 666 g/mol. The molecule has 4 aliphatic heterocycles. The number of nitrogens with one attached hydrogen (secondary N) is 1. The van der Waals surface area contributed by atoms with Crippen molar-refractivity contribution in [1.29, 1.82) is 0 Å². The first-order valence-corrected chi connectivity index (χ1v) is 18.3. The second-order valence-corrected chi connectivity index (χ2v) is 15.6. The largest absolute Gasteiger partial charge is 0.363 e. The minimum Gasteiger partial charge on any atom is -0.363 e. The second kappa shape index (κ2) is 12.7. The molecule has 0 amide bonds. The quantitative estimate of drug-likeness (QED) is 0.309. The molecule has 0 unspecified atom stereocenters. The summed E-state index contributed by atoms with van der Waals surface area (Å²) in [5.74, 6) is -3.37. The van der Waals surface area contributed by atoms with Gasteiger partial charge >= 0.3 is 0 Å². The van der Waals surface area contributed by atoms with E-state index in [1.807, 2.05) is 19.2 Å². The molecule has 4 aromatic rings. The number of hydrogen-bond acceptors (Lipinski definition) is 9. The highest BCUT2D eigenvalue weighted by Crippen LogP contribution is 2.42. The number of anilines is 1. The Balaban J connectivity index is 1.28. The van der Waals surface area contributed by atoms with Crippen molar-refractivity contribution in [2.75, 3.05) is 29.9 Å². The van der Waals surface area contributed by atoms with Crippen molar-refractivity contribution in [3.05, 3.63) is 75.6 Å². The fourth-order valence-corrected chi connectivity index (χ4v) is 8.80. The molecule has 1 aromatic carbocycles. The highest BCUT2D eigenvalue weighted by atomic mass is 32.2. The Hall–Kier alpha value is -3.78. The summed E-state index contributed by atoms with van der Waals surface area (Å²) in [6.45, 7) is 4.63. The zero-order chi connectivity index (χ0) is 32.8. The molecule has 0 spiro atoms. The van der Waals surface area contributed by atoms with E-state index < -0.39 is 21.7 Å². The van der Waals surface area contributed by atoms with Crippen molar-refractivity contribution in [2.45, 2.75) is 83.0 Å². The first-order valence-electron chi connectivity index (χ1n) is 16.5. The summed E-state index contributed by atoms with van der Waals surface area (Å²) in [7, 11) is -3.12. The summed E-state index contributed by atoms with van der Waals surface area (Å²) in [5, 5.41) is 12.7. The van der Waals surface area contributed by atoms with Gasteiger partial charge in [0.1, 0.15) is 27.6 Å². The van der Waals surface area contributed by atoms with Gasteiger partial charge in [-0.05, 0) is 82.2 Å². The average Bonchev–Trinajstić information content (AvgIpc) is 3.51. The Morgan fingerprint density at radius 2 is 1.74 bits per heavy atom. The van der Waals surface area contributed by atoms with Crippen LogP contribution in [0.4, 0.5) is 14.6 Å². The van der Waals surface area contributed by atoms with Crippen molar-refractivity contribution in [1.82, 2.24) is 34.4 Å². The summed E-state index contributed by atoms with van der Waals surface area (Å²) in [4.78, 5) is 25.2. The number of hydrogen-bond donors (Lipinski definition) is 1. The lowest BCUT2D eigenvalue weighted by atomic mass is 9.85. The summed E-state index contributed by atoms with van der Waals surface area (Å²) in [5.41, 5.74) is 2.37. The van der Waals surface area contributed by atoms with Crippen LogP contribution in [-0.4, -0.2) is 67.4 Å². The number of pyridine rings is 1. The van der Waals surface area contributed by atoms with E-state index in [0.29, 0.717) is 92.8 Å². The van der Waals surface area contributed by atoms with Crippen LogP contribution in [0, 0.1) is 5.92 Å². The van der Waals surface area contributed by atoms with E-state index in [2.05, 4.69) is 30.5 Å². The SMILES string of the molecule is C[C@H]1Nc2ncnc3c2cc(C2CCS(=O)(=O)CC2)c(=O)n3CCCCn2cc(nn2)CN2CCC(CC2)C(F)(F)c2cccc1c2. The molecule has 8 rings (SSSR count). The molecule has 1 atom stereocenters. The predicted octanol–water partition coefficient (Wildman–Crippen LogP) is 4.65. The summed E-state index contributed by atoms with van der Waals surface area (Å²) >= 11 is 0. The van der Waals surface area contributed by atoms with Gasteiger partial charge in [0, 0.05) is 48.9 Å². The maximum absolute atomic E-state index is 16.0. The molecule has 7 heterocycles. The van der Waals surface area contributed by atoms with Crippen LogP contribution in [0.25, 0.3) is 11.0 Å². The molecule has 11 nitrogen and oxygen atoms in total. The minimum absolute atomic E-state index is 0.00288. The number of aryl methyl sites for hydroxylation is 2. The zero-order valence-corrected chi connectivity index (χ0v) is 27.3. The van der Waals surface area contributed by atoms with E-state index in [1.165, 1.54) is 12.4 Å². The standard InChI is InChI=1S/C33H40F2N8O3S/c1-22-24-5-4-6-26(17-24)33(34,35)25-7-13-41(14-8-25)19-27-20-42(40-39-27)11-2-3-12-43-31-29(30(38-22)36-21-37-31)18-28(32(43)44)23-9-15-47(45,46)16-10-23/h4-6,17-18,20-23,25H,2-3,7-16,19H2,1H3,(H,36,37,38)/t22-/m1/s1. The molecular weight excluding hydrogens is 626 g/mol. The molecular formula is C33H40F2N8O3S. The molecule has 4 aliphatic rings. The number of sulfone groups is 1. The van der Waals surface area contributed by atoms with Gasteiger partial charge in [0.2, 0.25) is 0 Å². The van der Waals surface area contributed by atoms with E-state index in [0.717, 1.165) is 12.1 Å². The van der Waals surface area contributed by atoms with Crippen LogP contribution in [0.2, 0.25) is 0 Å². The fraction of sp³-hybridized carbons (Fsp3) is 0.545. The molecule has 2 fully saturated rings. The summed E-state index contributed by atoms with van der Waals surface area (Å²) < 4.78 is 59.8. The lowest BCUT2D eigenvalue weighted by molar-refractivity contribution is -0.0861. The highest BCUT2D eigenvalue weighted by molar-refractivity contribution is 7.91. The molecule has 1 N–H and O–H groups in total. The van der Waals surface area contributed by atoms with Gasteiger partial charge in [0.05, 0.1) is 22.6 Å². The van der Waals surface area contributed by atoms with Crippen LogP contribution < -0.4 is 10.9 Å². The topological polar surface area (TPSA) is 128 Å². The lowest BCUT2D eigenvalue weighted by Crippen LogP contribution is -2.39. The lowest BCUT2D eigenvalue weighted by Gasteiger charge is -2.36. The molecule has 3 aromatic heterocycles. The molecule has 0 saturated carbocycles. The third-order valence-corrected chi connectivity index (χ3v) is 11.8. The van der Waals surface area contributed by atoms with Gasteiger partial charge in [0.25, 0.3) is 11.5 Å². The number of halogens is 2. The van der Waals surface area contributed by atoms with Gasteiger partial charge < -0.3 is 5.32 Å². The smallest absolute Gasteiger partial charge is 0.276 e. The Kier molecular flexibility index (Phi) is 8.58. The van der Waals surface area contributed by atoms with Gasteiger partial charge in [-0.15, -0.1) is 5.10 Å². The third-order valence-electron chi connectivity index (χ3n) is 10.1.